The Morgan fingerprint density at radius 1 is 0.645 bits per heavy atom. The lowest BCUT2D eigenvalue weighted by Crippen LogP contribution is -2.20. The van der Waals surface area contributed by atoms with Gasteiger partial charge >= 0.3 is 0 Å². The van der Waals surface area contributed by atoms with Crippen molar-refractivity contribution in [2.24, 2.45) is 11.8 Å². The standard InChI is InChI=1S/C30H42O/c1-3-5-7-23-8-11-25(12-9-23)26-13-15-27(16-14-26)28-17-19-29(20-18-28)30-21-10-24(6-4-2)22-31-30/h13-20,23-25,30H,3-12,21-22H2,1-2H3. The van der Waals surface area contributed by atoms with Crippen molar-refractivity contribution >= 4 is 0 Å². The minimum absolute atomic E-state index is 0.289. The van der Waals surface area contributed by atoms with E-state index in [0.717, 1.165) is 24.4 Å². The van der Waals surface area contributed by atoms with E-state index < -0.39 is 0 Å². The van der Waals surface area contributed by atoms with Crippen LogP contribution in [0.25, 0.3) is 11.1 Å². The lowest BCUT2D eigenvalue weighted by atomic mass is 9.77. The molecule has 1 saturated carbocycles. The number of rotatable bonds is 8. The third-order valence-corrected chi connectivity index (χ3v) is 7.88. The Morgan fingerprint density at radius 3 is 1.81 bits per heavy atom. The molecule has 1 aliphatic carbocycles. The fourth-order valence-electron chi connectivity index (χ4n) is 5.82. The molecule has 0 aromatic heterocycles. The minimum atomic E-state index is 0.289. The molecule has 1 nitrogen and oxygen atoms in total. The molecule has 2 fully saturated rings. The SMILES string of the molecule is CCCCC1CCC(c2ccc(-c3ccc(C4CCC(CCC)CO4)cc3)cc2)CC1. The normalized spacial score (nSPS) is 26.6. The molecule has 2 aromatic carbocycles. The molecular weight excluding hydrogens is 376 g/mol. The first-order valence-corrected chi connectivity index (χ1v) is 13.1. The van der Waals surface area contributed by atoms with Crippen molar-refractivity contribution in [3.63, 3.8) is 0 Å². The predicted molar refractivity (Wildman–Crippen MR) is 132 cm³/mol. The highest BCUT2D eigenvalue weighted by atomic mass is 16.5. The third-order valence-electron chi connectivity index (χ3n) is 7.88. The summed E-state index contributed by atoms with van der Waals surface area (Å²) in [5.41, 5.74) is 5.54. The van der Waals surface area contributed by atoms with Gasteiger partial charge in [0, 0.05) is 0 Å². The molecule has 2 atom stereocenters. The Balaban J connectivity index is 1.31. The van der Waals surface area contributed by atoms with Crippen LogP contribution in [-0.2, 0) is 4.74 Å². The second kappa shape index (κ2) is 11.3. The predicted octanol–water partition coefficient (Wildman–Crippen LogP) is 9.09. The summed E-state index contributed by atoms with van der Waals surface area (Å²) >= 11 is 0. The van der Waals surface area contributed by atoms with Gasteiger partial charge < -0.3 is 4.74 Å². The Morgan fingerprint density at radius 2 is 1.26 bits per heavy atom. The van der Waals surface area contributed by atoms with Crippen LogP contribution in [-0.4, -0.2) is 6.61 Å². The monoisotopic (exact) mass is 418 g/mol. The van der Waals surface area contributed by atoms with Crippen LogP contribution in [0.2, 0.25) is 0 Å². The first-order valence-electron chi connectivity index (χ1n) is 13.1. The second-order valence-corrected chi connectivity index (χ2v) is 10.2. The summed E-state index contributed by atoms with van der Waals surface area (Å²) in [5, 5.41) is 0. The van der Waals surface area contributed by atoms with Crippen molar-refractivity contribution in [2.45, 2.75) is 96.5 Å². The van der Waals surface area contributed by atoms with Gasteiger partial charge in [0.25, 0.3) is 0 Å². The largest absolute Gasteiger partial charge is 0.373 e. The summed E-state index contributed by atoms with van der Waals surface area (Å²) < 4.78 is 6.19. The maximum absolute atomic E-state index is 6.19. The van der Waals surface area contributed by atoms with Gasteiger partial charge in [-0.15, -0.1) is 0 Å². The lowest BCUT2D eigenvalue weighted by molar-refractivity contribution is -0.0194. The third kappa shape index (κ3) is 6.01. The molecule has 1 heterocycles. The number of hydrogen-bond donors (Lipinski definition) is 0. The fourth-order valence-corrected chi connectivity index (χ4v) is 5.82. The molecular formula is C30H42O. The van der Waals surface area contributed by atoms with Gasteiger partial charge in [0.1, 0.15) is 0 Å². The van der Waals surface area contributed by atoms with E-state index in [4.69, 9.17) is 4.74 Å². The maximum atomic E-state index is 6.19. The van der Waals surface area contributed by atoms with Crippen LogP contribution in [0.5, 0.6) is 0 Å². The number of benzene rings is 2. The molecule has 1 heteroatoms. The van der Waals surface area contributed by atoms with Gasteiger partial charge in [-0.1, -0.05) is 88.1 Å². The maximum Gasteiger partial charge on any atom is 0.0825 e. The molecule has 0 amide bonds. The van der Waals surface area contributed by atoms with Crippen LogP contribution in [0.1, 0.15) is 108 Å². The van der Waals surface area contributed by atoms with Crippen molar-refractivity contribution in [3.8, 4) is 11.1 Å². The van der Waals surface area contributed by atoms with Crippen LogP contribution >= 0.6 is 0 Å². The summed E-state index contributed by atoms with van der Waals surface area (Å²) in [5.74, 6) is 2.53. The van der Waals surface area contributed by atoms with Crippen LogP contribution in [0, 0.1) is 11.8 Å². The lowest BCUT2D eigenvalue weighted by Gasteiger charge is -2.29. The molecule has 1 aliphatic heterocycles. The first-order chi connectivity index (χ1) is 15.3. The van der Waals surface area contributed by atoms with Crippen LogP contribution in [0.4, 0.5) is 0 Å². The Bertz CT molecular complexity index is 759. The average Bonchev–Trinajstić information content (AvgIpc) is 2.84. The van der Waals surface area contributed by atoms with Crippen LogP contribution in [0.3, 0.4) is 0 Å². The summed E-state index contributed by atoms with van der Waals surface area (Å²) in [4.78, 5) is 0. The van der Waals surface area contributed by atoms with E-state index in [0.29, 0.717) is 0 Å². The summed E-state index contributed by atoms with van der Waals surface area (Å²) in [6.45, 7) is 5.52. The first kappa shape index (κ1) is 22.6. The molecule has 168 valence electrons. The highest BCUT2D eigenvalue weighted by molar-refractivity contribution is 5.64. The van der Waals surface area contributed by atoms with Crippen molar-refractivity contribution in [1.29, 1.82) is 0 Å². The molecule has 1 saturated heterocycles. The van der Waals surface area contributed by atoms with Gasteiger partial charge in [0.2, 0.25) is 0 Å². The minimum Gasteiger partial charge on any atom is -0.373 e. The summed E-state index contributed by atoms with van der Waals surface area (Å²) in [6, 6.07) is 18.6. The van der Waals surface area contributed by atoms with E-state index >= 15 is 0 Å². The van der Waals surface area contributed by atoms with E-state index in [9.17, 15) is 0 Å². The zero-order valence-electron chi connectivity index (χ0n) is 19.8. The van der Waals surface area contributed by atoms with Crippen molar-refractivity contribution in [1.82, 2.24) is 0 Å². The van der Waals surface area contributed by atoms with Gasteiger partial charge in [0.05, 0.1) is 12.7 Å². The molecule has 31 heavy (non-hydrogen) atoms. The van der Waals surface area contributed by atoms with E-state index in [1.807, 2.05) is 0 Å². The summed E-state index contributed by atoms with van der Waals surface area (Å²) in [6.07, 6.45) is 15.2. The average molecular weight is 419 g/mol. The van der Waals surface area contributed by atoms with E-state index in [2.05, 4.69) is 62.4 Å². The Hall–Kier alpha value is -1.60. The van der Waals surface area contributed by atoms with Gasteiger partial charge in [-0.05, 0) is 85.0 Å². The molecule has 4 rings (SSSR count). The van der Waals surface area contributed by atoms with Crippen molar-refractivity contribution in [2.75, 3.05) is 6.61 Å². The van der Waals surface area contributed by atoms with Crippen LogP contribution < -0.4 is 0 Å². The molecule has 2 aromatic rings. The van der Waals surface area contributed by atoms with Gasteiger partial charge in [-0.25, -0.2) is 0 Å². The smallest absolute Gasteiger partial charge is 0.0825 e. The van der Waals surface area contributed by atoms with Crippen molar-refractivity contribution in [3.05, 3.63) is 59.7 Å². The quantitative estimate of drug-likeness (QED) is 0.415. The Kier molecular flexibility index (Phi) is 8.25. The van der Waals surface area contributed by atoms with Crippen LogP contribution in [0.15, 0.2) is 48.5 Å². The zero-order valence-corrected chi connectivity index (χ0v) is 19.8. The van der Waals surface area contributed by atoms with Gasteiger partial charge in [-0.2, -0.15) is 0 Å². The van der Waals surface area contributed by atoms with E-state index in [1.165, 1.54) is 87.3 Å². The van der Waals surface area contributed by atoms with Crippen molar-refractivity contribution < 1.29 is 4.74 Å². The number of hydrogen-bond acceptors (Lipinski definition) is 1. The summed E-state index contributed by atoms with van der Waals surface area (Å²) in [7, 11) is 0. The Labute approximate surface area is 190 Å². The van der Waals surface area contributed by atoms with Gasteiger partial charge in [0.15, 0.2) is 0 Å². The highest BCUT2D eigenvalue weighted by Crippen LogP contribution is 2.38. The second-order valence-electron chi connectivity index (χ2n) is 10.2. The molecule has 0 N–H and O–H groups in total. The van der Waals surface area contributed by atoms with E-state index in [-0.39, 0.29) is 6.10 Å². The van der Waals surface area contributed by atoms with E-state index in [1.54, 1.807) is 5.56 Å². The number of ether oxygens (including phenoxy) is 1. The molecule has 0 spiro atoms. The molecule has 2 unspecified atom stereocenters. The molecule has 2 aliphatic rings. The topological polar surface area (TPSA) is 9.23 Å². The highest BCUT2D eigenvalue weighted by Gasteiger charge is 2.23. The fraction of sp³-hybridized carbons (Fsp3) is 0.600. The molecule has 0 radical (unpaired) electrons. The van der Waals surface area contributed by atoms with Gasteiger partial charge in [-0.3, -0.25) is 0 Å². The number of unbranched alkanes of at least 4 members (excludes halogenated alkanes) is 1. The molecule has 0 bridgehead atoms. The zero-order chi connectivity index (χ0) is 21.5.